The van der Waals surface area contributed by atoms with Gasteiger partial charge in [-0.2, -0.15) is 0 Å². The molecule has 1 fully saturated rings. The lowest BCUT2D eigenvalue weighted by Gasteiger charge is -2.45. The van der Waals surface area contributed by atoms with Crippen LogP contribution in [0, 0.1) is 5.41 Å². The number of methoxy groups -OCH3 is 1. The Morgan fingerprint density at radius 2 is 2.27 bits per heavy atom. The Kier molecular flexibility index (Phi) is 3.04. The molecule has 0 heterocycles. The molecule has 0 radical (unpaired) electrons. The van der Waals surface area contributed by atoms with Crippen LogP contribution in [0.2, 0.25) is 0 Å². The van der Waals surface area contributed by atoms with Crippen LogP contribution in [0.5, 0.6) is 0 Å². The molecule has 15 heavy (non-hydrogen) atoms. The summed E-state index contributed by atoms with van der Waals surface area (Å²) in [5.41, 5.74) is 1.43. The fourth-order valence-corrected chi connectivity index (χ4v) is 3.77. The Morgan fingerprint density at radius 3 is 2.93 bits per heavy atom. The van der Waals surface area contributed by atoms with Crippen molar-refractivity contribution in [2.75, 3.05) is 7.11 Å². The van der Waals surface area contributed by atoms with Gasteiger partial charge in [0.05, 0.1) is 4.83 Å². The average molecular weight is 273 g/mol. The topological polar surface area (TPSA) is 26.3 Å². The summed E-state index contributed by atoms with van der Waals surface area (Å²) in [5, 5.41) is 0. The van der Waals surface area contributed by atoms with Crippen molar-refractivity contribution in [1.29, 1.82) is 0 Å². The molecule has 0 aromatic carbocycles. The zero-order valence-electron chi connectivity index (χ0n) is 9.25. The van der Waals surface area contributed by atoms with Crippen molar-refractivity contribution in [3.8, 4) is 0 Å². The highest BCUT2D eigenvalue weighted by Gasteiger charge is 2.47. The number of ketones is 1. The Hall–Kier alpha value is -0.150. The molecule has 0 amide bonds. The highest BCUT2D eigenvalue weighted by molar-refractivity contribution is 9.09. The summed E-state index contributed by atoms with van der Waals surface area (Å²) >= 11 is 3.67. The molecule has 1 saturated carbocycles. The number of carbonyl (C=O) groups excluding carboxylic acids is 1. The number of halogens is 1. The van der Waals surface area contributed by atoms with Crippen LogP contribution in [0.3, 0.4) is 0 Å². The summed E-state index contributed by atoms with van der Waals surface area (Å²) in [6, 6.07) is 0. The highest BCUT2D eigenvalue weighted by atomic mass is 79.9. The van der Waals surface area contributed by atoms with Crippen molar-refractivity contribution in [3.63, 3.8) is 0 Å². The van der Waals surface area contributed by atoms with E-state index < -0.39 is 0 Å². The first-order valence-corrected chi connectivity index (χ1v) is 6.43. The van der Waals surface area contributed by atoms with E-state index in [9.17, 15) is 4.79 Å². The Morgan fingerprint density at radius 1 is 1.53 bits per heavy atom. The van der Waals surface area contributed by atoms with E-state index in [0.717, 1.165) is 12.8 Å². The molecule has 0 aromatic heterocycles. The number of alkyl halides is 1. The van der Waals surface area contributed by atoms with Gasteiger partial charge in [-0.05, 0) is 25.3 Å². The van der Waals surface area contributed by atoms with Gasteiger partial charge in [0.25, 0.3) is 0 Å². The van der Waals surface area contributed by atoms with E-state index in [1.807, 2.05) is 6.08 Å². The minimum atomic E-state index is -0.308. The number of fused-ring (bicyclic) bond motifs is 1. The van der Waals surface area contributed by atoms with Crippen molar-refractivity contribution < 1.29 is 9.53 Å². The zero-order chi connectivity index (χ0) is 11.1. The molecule has 0 aromatic rings. The van der Waals surface area contributed by atoms with E-state index in [4.69, 9.17) is 4.74 Å². The Bertz CT molecular complexity index is 311. The molecule has 3 heteroatoms. The van der Waals surface area contributed by atoms with Gasteiger partial charge in [-0.3, -0.25) is 4.79 Å². The normalized spacial score (nSPS) is 41.0. The first kappa shape index (κ1) is 11.3. The molecule has 0 bridgehead atoms. The fraction of sp³-hybridized carbons (Fsp3) is 0.750. The quantitative estimate of drug-likeness (QED) is 0.687. The molecule has 2 aliphatic rings. The largest absolute Gasteiger partial charge is 0.372 e. The van der Waals surface area contributed by atoms with Gasteiger partial charge in [-0.25, -0.2) is 0 Å². The summed E-state index contributed by atoms with van der Waals surface area (Å²) in [4.78, 5) is 11.9. The van der Waals surface area contributed by atoms with Gasteiger partial charge in [0.2, 0.25) is 0 Å². The van der Waals surface area contributed by atoms with Gasteiger partial charge in [-0.1, -0.05) is 34.8 Å². The second-order valence-corrected chi connectivity index (χ2v) is 5.74. The van der Waals surface area contributed by atoms with Crippen LogP contribution in [0.4, 0.5) is 0 Å². The second-order valence-electron chi connectivity index (χ2n) is 4.75. The van der Waals surface area contributed by atoms with Gasteiger partial charge in [0.1, 0.15) is 6.10 Å². The van der Waals surface area contributed by atoms with Crippen molar-refractivity contribution >= 4 is 21.7 Å². The minimum absolute atomic E-state index is 0.118. The maximum absolute atomic E-state index is 11.8. The van der Waals surface area contributed by atoms with E-state index in [2.05, 4.69) is 22.9 Å². The van der Waals surface area contributed by atoms with Gasteiger partial charge >= 0.3 is 0 Å². The predicted molar refractivity (Wildman–Crippen MR) is 63.2 cm³/mol. The lowest BCUT2D eigenvalue weighted by atomic mass is 9.65. The van der Waals surface area contributed by atoms with E-state index >= 15 is 0 Å². The number of rotatable bonds is 1. The van der Waals surface area contributed by atoms with Crippen LogP contribution >= 0.6 is 15.9 Å². The van der Waals surface area contributed by atoms with Crippen LogP contribution in [0.25, 0.3) is 0 Å². The third-order valence-electron chi connectivity index (χ3n) is 3.85. The lowest BCUT2D eigenvalue weighted by molar-refractivity contribution is -0.126. The third kappa shape index (κ3) is 1.70. The van der Waals surface area contributed by atoms with Crippen LogP contribution in [-0.2, 0) is 9.53 Å². The molecule has 0 aliphatic heterocycles. The molecule has 3 unspecified atom stereocenters. The fourth-order valence-electron chi connectivity index (χ4n) is 2.77. The van der Waals surface area contributed by atoms with E-state index in [0.29, 0.717) is 0 Å². The van der Waals surface area contributed by atoms with Crippen molar-refractivity contribution in [1.82, 2.24) is 0 Å². The third-order valence-corrected chi connectivity index (χ3v) is 5.34. The molecule has 2 rings (SSSR count). The molecular formula is C12H17BrO2. The molecule has 0 N–H and O–H groups in total. The van der Waals surface area contributed by atoms with Crippen molar-refractivity contribution in [2.24, 2.45) is 5.41 Å². The Labute approximate surface area is 99.2 Å². The summed E-state index contributed by atoms with van der Waals surface area (Å²) in [6.07, 6.45) is 6.21. The Balaban J connectivity index is 2.38. The molecular weight excluding hydrogens is 256 g/mol. The summed E-state index contributed by atoms with van der Waals surface area (Å²) < 4.78 is 5.29. The second kappa shape index (κ2) is 4.02. The van der Waals surface area contributed by atoms with Crippen LogP contribution in [0.1, 0.15) is 32.6 Å². The standard InChI is InChI=1S/C12H17BrO2/c1-12-6-4-3-5-8(12)7-9(14)10(15-2)11(12)13/h7,10-11H,3-6H2,1-2H3. The maximum Gasteiger partial charge on any atom is 0.185 e. The van der Waals surface area contributed by atoms with Gasteiger partial charge < -0.3 is 4.74 Å². The van der Waals surface area contributed by atoms with Crippen molar-refractivity contribution in [2.45, 2.75) is 43.5 Å². The predicted octanol–water partition coefficient (Wildman–Crippen LogP) is 2.85. The van der Waals surface area contributed by atoms with Crippen LogP contribution in [-0.4, -0.2) is 23.8 Å². The average Bonchev–Trinajstić information content (AvgIpc) is 2.21. The van der Waals surface area contributed by atoms with E-state index in [-0.39, 0.29) is 22.1 Å². The molecule has 0 saturated heterocycles. The monoisotopic (exact) mass is 272 g/mol. The van der Waals surface area contributed by atoms with Crippen LogP contribution < -0.4 is 0 Å². The number of ether oxygens (including phenoxy) is 1. The van der Waals surface area contributed by atoms with Crippen molar-refractivity contribution in [3.05, 3.63) is 11.6 Å². The first-order valence-electron chi connectivity index (χ1n) is 5.51. The summed E-state index contributed by atoms with van der Waals surface area (Å²) in [6.45, 7) is 2.25. The molecule has 3 atom stereocenters. The van der Waals surface area contributed by atoms with Crippen LogP contribution in [0.15, 0.2) is 11.6 Å². The van der Waals surface area contributed by atoms with Gasteiger partial charge in [0.15, 0.2) is 5.78 Å². The zero-order valence-corrected chi connectivity index (χ0v) is 10.8. The number of hydrogen-bond acceptors (Lipinski definition) is 2. The molecule has 0 spiro atoms. The molecule has 84 valence electrons. The SMILES string of the molecule is COC1C(=O)C=C2CCCCC2(C)C1Br. The summed E-state index contributed by atoms with van der Waals surface area (Å²) in [5.74, 6) is 0.119. The number of allylic oxidation sites excluding steroid dienone is 1. The van der Waals surface area contributed by atoms with Gasteiger partial charge in [-0.15, -0.1) is 0 Å². The number of hydrogen-bond donors (Lipinski definition) is 0. The number of carbonyl (C=O) groups is 1. The van der Waals surface area contributed by atoms with E-state index in [1.165, 1.54) is 18.4 Å². The molecule has 2 nitrogen and oxygen atoms in total. The smallest absolute Gasteiger partial charge is 0.185 e. The van der Waals surface area contributed by atoms with E-state index in [1.54, 1.807) is 7.11 Å². The minimum Gasteiger partial charge on any atom is -0.372 e. The molecule has 2 aliphatic carbocycles. The first-order chi connectivity index (χ1) is 7.09. The highest BCUT2D eigenvalue weighted by Crippen LogP contribution is 2.49. The lowest BCUT2D eigenvalue weighted by Crippen LogP contribution is -2.48. The maximum atomic E-state index is 11.8. The summed E-state index contributed by atoms with van der Waals surface area (Å²) in [7, 11) is 1.61. The van der Waals surface area contributed by atoms with Gasteiger partial charge in [0, 0.05) is 12.5 Å².